The Balaban J connectivity index is 1.86. The number of oxime groups is 1. The zero-order valence-corrected chi connectivity index (χ0v) is 20.2. The van der Waals surface area contributed by atoms with Gasteiger partial charge in [0, 0.05) is 30.9 Å². The molecule has 33 heavy (non-hydrogen) atoms. The van der Waals surface area contributed by atoms with Gasteiger partial charge in [0.05, 0.1) is 17.4 Å². The van der Waals surface area contributed by atoms with Crippen LogP contribution < -0.4 is 0 Å². The highest BCUT2D eigenvalue weighted by molar-refractivity contribution is 7.88. The molecule has 2 aromatic carbocycles. The quantitative estimate of drug-likeness (QED) is 0.337. The maximum Gasteiger partial charge on any atom is 0.211 e. The van der Waals surface area contributed by atoms with Gasteiger partial charge >= 0.3 is 0 Å². The molecule has 0 radical (unpaired) electrons. The van der Waals surface area contributed by atoms with Crippen molar-refractivity contribution in [3.8, 4) is 0 Å². The average Bonchev–Trinajstić information content (AvgIpc) is 2.74. The fourth-order valence-electron chi connectivity index (χ4n) is 4.86. The summed E-state index contributed by atoms with van der Waals surface area (Å²) in [6.45, 7) is 6.85. The summed E-state index contributed by atoms with van der Waals surface area (Å²) in [4.78, 5) is 4.38. The molecule has 1 atom stereocenters. The number of sulfonamides is 1. The Morgan fingerprint density at radius 1 is 1.06 bits per heavy atom. The van der Waals surface area contributed by atoms with Crippen molar-refractivity contribution < 1.29 is 13.6 Å². The molecule has 0 saturated carbocycles. The lowest BCUT2D eigenvalue weighted by molar-refractivity contribution is 0.266. The van der Waals surface area contributed by atoms with Crippen LogP contribution in [0.3, 0.4) is 0 Å². The van der Waals surface area contributed by atoms with Crippen molar-refractivity contribution in [1.29, 1.82) is 0 Å². The molecule has 0 aliphatic carbocycles. The van der Waals surface area contributed by atoms with Gasteiger partial charge in [0.2, 0.25) is 10.0 Å². The fraction of sp³-hybridized carbons (Fsp3) is 0.308. The molecule has 6 nitrogen and oxygen atoms in total. The molecule has 3 aromatic rings. The molecule has 1 aliphatic rings. The number of hydrogen-bond acceptors (Lipinski definition) is 5. The lowest BCUT2D eigenvalue weighted by Crippen LogP contribution is -2.47. The summed E-state index contributed by atoms with van der Waals surface area (Å²) >= 11 is 0. The summed E-state index contributed by atoms with van der Waals surface area (Å²) in [6, 6.07) is 20.4. The average molecular weight is 464 g/mol. The molecule has 0 amide bonds. The Morgan fingerprint density at radius 3 is 2.30 bits per heavy atom. The summed E-state index contributed by atoms with van der Waals surface area (Å²) in [5.41, 5.74) is 5.80. The van der Waals surface area contributed by atoms with Gasteiger partial charge in [0.25, 0.3) is 0 Å². The number of pyridine rings is 1. The Bertz CT molecular complexity index is 1300. The zero-order valence-electron chi connectivity index (χ0n) is 19.4. The predicted octanol–water partition coefficient (Wildman–Crippen LogP) is 4.24. The highest BCUT2D eigenvalue weighted by Gasteiger charge is 2.42. The van der Waals surface area contributed by atoms with Gasteiger partial charge < -0.3 is 5.21 Å². The predicted molar refractivity (Wildman–Crippen MR) is 131 cm³/mol. The van der Waals surface area contributed by atoms with Crippen molar-refractivity contribution in [2.75, 3.05) is 19.3 Å². The van der Waals surface area contributed by atoms with E-state index in [4.69, 9.17) is 0 Å². The number of rotatable bonds is 6. The lowest BCUT2D eigenvalue weighted by Gasteiger charge is -2.39. The Kier molecular flexibility index (Phi) is 6.12. The highest BCUT2D eigenvalue weighted by Crippen LogP contribution is 2.43. The van der Waals surface area contributed by atoms with Crippen LogP contribution in [0.1, 0.15) is 46.4 Å². The standard InChI is InChI=1S/C26H29N3O3S/c1-18-7-5-6-8-25(18)26(20(3)28-30,24-13-14-27-19(2)15-24)23-11-9-21(10-12-23)22-16-29(17-22)33(4,31)32/h5-15,22,30H,16-17H2,1-4H3/b28-20-/t26-/m0/s1. The number of aromatic nitrogens is 1. The SMILES string of the molecule is C/C(=N/O)[C@](c1ccc(C2CN(S(C)(=O)=O)C2)cc1)(c1ccnc(C)c1)c1ccccc1C. The first kappa shape index (κ1) is 23.1. The highest BCUT2D eigenvalue weighted by atomic mass is 32.2. The van der Waals surface area contributed by atoms with E-state index in [-0.39, 0.29) is 5.92 Å². The maximum absolute atomic E-state index is 11.7. The molecule has 1 saturated heterocycles. The van der Waals surface area contributed by atoms with E-state index in [9.17, 15) is 13.6 Å². The van der Waals surface area contributed by atoms with E-state index in [0.717, 1.165) is 33.5 Å². The van der Waals surface area contributed by atoms with Crippen LogP contribution in [0.25, 0.3) is 0 Å². The Morgan fingerprint density at radius 2 is 1.73 bits per heavy atom. The normalized spacial score (nSPS) is 17.4. The monoisotopic (exact) mass is 463 g/mol. The van der Waals surface area contributed by atoms with Crippen molar-refractivity contribution in [2.45, 2.75) is 32.1 Å². The van der Waals surface area contributed by atoms with E-state index in [1.807, 2.05) is 38.1 Å². The molecule has 0 unspecified atom stereocenters. The van der Waals surface area contributed by atoms with Crippen molar-refractivity contribution in [3.63, 3.8) is 0 Å². The van der Waals surface area contributed by atoms with Crippen molar-refractivity contribution >= 4 is 15.7 Å². The summed E-state index contributed by atoms with van der Waals surface area (Å²) in [5, 5.41) is 13.7. The van der Waals surface area contributed by atoms with Gasteiger partial charge in [-0.3, -0.25) is 4.98 Å². The first-order chi connectivity index (χ1) is 15.7. The van der Waals surface area contributed by atoms with Crippen LogP contribution >= 0.6 is 0 Å². The van der Waals surface area contributed by atoms with Crippen LogP contribution in [0.15, 0.2) is 72.0 Å². The lowest BCUT2D eigenvalue weighted by atomic mass is 9.65. The van der Waals surface area contributed by atoms with Gasteiger partial charge in [-0.2, -0.15) is 0 Å². The minimum absolute atomic E-state index is 0.178. The molecular weight excluding hydrogens is 434 g/mol. The van der Waals surface area contributed by atoms with Gasteiger partial charge in [0.1, 0.15) is 0 Å². The fourth-order valence-corrected chi connectivity index (χ4v) is 5.76. The second kappa shape index (κ2) is 8.72. The second-order valence-corrected chi connectivity index (χ2v) is 10.8. The van der Waals surface area contributed by atoms with Crippen molar-refractivity contribution in [2.24, 2.45) is 5.16 Å². The molecule has 1 fully saturated rings. The van der Waals surface area contributed by atoms with Crippen LogP contribution in [0.2, 0.25) is 0 Å². The van der Waals surface area contributed by atoms with Crippen molar-refractivity contribution in [3.05, 3.63) is 100 Å². The molecule has 4 rings (SSSR count). The Hall–Kier alpha value is -3.03. The molecule has 2 heterocycles. The van der Waals surface area contributed by atoms with E-state index in [1.54, 1.807) is 6.20 Å². The second-order valence-electron chi connectivity index (χ2n) is 8.84. The number of benzene rings is 2. The molecule has 1 N–H and O–H groups in total. The third kappa shape index (κ3) is 4.07. The molecule has 0 bridgehead atoms. The number of nitrogens with zero attached hydrogens (tertiary/aromatic N) is 3. The maximum atomic E-state index is 11.7. The van der Waals surface area contributed by atoms with E-state index in [2.05, 4.69) is 53.5 Å². The minimum atomic E-state index is -3.15. The smallest absolute Gasteiger partial charge is 0.211 e. The molecule has 1 aromatic heterocycles. The van der Waals surface area contributed by atoms with Crippen molar-refractivity contribution in [1.82, 2.24) is 9.29 Å². The first-order valence-electron chi connectivity index (χ1n) is 10.9. The first-order valence-corrected chi connectivity index (χ1v) is 12.8. The van der Waals surface area contributed by atoms with E-state index in [1.165, 1.54) is 10.6 Å². The topological polar surface area (TPSA) is 82.9 Å². The summed E-state index contributed by atoms with van der Waals surface area (Å²) in [6.07, 6.45) is 3.03. The van der Waals surface area contributed by atoms with Crippen LogP contribution in [-0.4, -0.2) is 48.0 Å². The molecular formula is C26H29N3O3S. The van der Waals surface area contributed by atoms with Gasteiger partial charge in [-0.05, 0) is 60.7 Å². The number of hydrogen-bond donors (Lipinski definition) is 1. The van der Waals surface area contributed by atoms with Gasteiger partial charge in [-0.25, -0.2) is 12.7 Å². The third-order valence-corrected chi connectivity index (χ3v) is 7.94. The van der Waals surface area contributed by atoms with Crippen LogP contribution in [-0.2, 0) is 15.4 Å². The summed E-state index contributed by atoms with van der Waals surface area (Å²) in [5.74, 6) is 0.178. The molecule has 172 valence electrons. The minimum Gasteiger partial charge on any atom is -0.411 e. The van der Waals surface area contributed by atoms with Gasteiger partial charge in [-0.15, -0.1) is 0 Å². The largest absolute Gasteiger partial charge is 0.411 e. The summed E-state index contributed by atoms with van der Waals surface area (Å²) in [7, 11) is -3.15. The Labute approximate surface area is 195 Å². The van der Waals surface area contributed by atoms with E-state index in [0.29, 0.717) is 18.8 Å². The van der Waals surface area contributed by atoms with Crippen LogP contribution in [0.5, 0.6) is 0 Å². The van der Waals surface area contributed by atoms with Gasteiger partial charge in [0.15, 0.2) is 0 Å². The molecule has 0 spiro atoms. The third-order valence-electron chi connectivity index (χ3n) is 6.70. The summed E-state index contributed by atoms with van der Waals surface area (Å²) < 4.78 is 25.0. The molecule has 7 heteroatoms. The molecule has 1 aliphatic heterocycles. The number of aryl methyl sites for hydroxylation is 2. The van der Waals surface area contributed by atoms with Crippen LogP contribution in [0, 0.1) is 13.8 Å². The van der Waals surface area contributed by atoms with E-state index < -0.39 is 15.4 Å². The van der Waals surface area contributed by atoms with E-state index >= 15 is 0 Å². The van der Waals surface area contributed by atoms with Gasteiger partial charge in [-0.1, -0.05) is 53.7 Å². The van der Waals surface area contributed by atoms with Crippen LogP contribution in [0.4, 0.5) is 0 Å². The zero-order chi connectivity index (χ0) is 23.8.